The Hall–Kier alpha value is 0.955. The first-order valence-corrected chi connectivity index (χ1v) is 14.5. The molecule has 6 rings (SSSR count). The Balaban J connectivity index is 0.000000152. The summed E-state index contributed by atoms with van der Waals surface area (Å²) in [5, 5.41) is 28.3. The van der Waals surface area contributed by atoms with Crippen molar-refractivity contribution >= 4 is 0 Å². The summed E-state index contributed by atoms with van der Waals surface area (Å²) in [6.45, 7) is 26.6. The van der Waals surface area contributed by atoms with Crippen molar-refractivity contribution in [2.75, 3.05) is 0 Å². The van der Waals surface area contributed by atoms with E-state index < -0.39 is 0 Å². The zero-order chi connectivity index (χ0) is 26.9. The van der Waals surface area contributed by atoms with Crippen LogP contribution in [0.4, 0.5) is 0 Å². The minimum Gasteiger partial charge on any atom is -0.673 e. The number of nitrogens with zero attached hydrogens (tertiary/aromatic N) is 6. The van der Waals surface area contributed by atoms with Gasteiger partial charge in [-0.15, -0.1) is 33.2 Å². The van der Waals surface area contributed by atoms with Gasteiger partial charge in [0.25, 0.3) is 0 Å². The Morgan fingerprint density at radius 1 is 0.324 bits per heavy atom. The number of rotatable bonds is 0. The van der Waals surface area contributed by atoms with Crippen molar-refractivity contribution in [3.05, 3.63) is 31.9 Å². The van der Waals surface area contributed by atoms with Gasteiger partial charge in [0, 0.05) is 35.6 Å². The van der Waals surface area contributed by atoms with Gasteiger partial charge in [0.2, 0.25) is 0 Å². The van der Waals surface area contributed by atoms with Crippen LogP contribution in [0, 0.1) is 53.4 Å². The second-order valence-corrected chi connectivity index (χ2v) is 16.4. The maximum atomic E-state index is 4.71. The normalized spacial score (nSPS) is 41.8. The fourth-order valence-corrected chi connectivity index (χ4v) is 7.88. The van der Waals surface area contributed by atoms with Crippen LogP contribution in [-0.4, -0.2) is 51.7 Å². The monoisotopic (exact) mass is 637 g/mol. The zero-order valence-electron chi connectivity index (χ0n) is 26.0. The smallest absolute Gasteiger partial charge is 0 e. The van der Waals surface area contributed by atoms with E-state index >= 15 is 0 Å². The van der Waals surface area contributed by atoms with Gasteiger partial charge in [-0.1, -0.05) is 139 Å². The second kappa shape index (κ2) is 10.7. The van der Waals surface area contributed by atoms with E-state index in [0.29, 0.717) is 18.5 Å². The van der Waals surface area contributed by atoms with Crippen molar-refractivity contribution in [1.82, 2.24) is 0 Å². The molecule has 0 amide bonds. The van der Waals surface area contributed by atoms with Gasteiger partial charge in [0.1, 0.15) is 0 Å². The Bertz CT molecular complexity index is 585. The van der Waals surface area contributed by atoms with Gasteiger partial charge in [-0.25, -0.2) is 18.5 Å². The minimum atomic E-state index is 0. The number of hydrogen-bond acceptors (Lipinski definition) is 0. The van der Waals surface area contributed by atoms with Gasteiger partial charge in [-0.3, -0.25) is 0 Å². The molecule has 0 saturated carbocycles. The molecular weight excluding hydrogens is 583 g/mol. The third kappa shape index (κ3) is 8.48. The summed E-state index contributed by atoms with van der Waals surface area (Å²) in [7, 11) is 0. The molecule has 0 aliphatic carbocycles. The Morgan fingerprint density at radius 2 is 0.459 bits per heavy atom. The van der Waals surface area contributed by atoms with Gasteiger partial charge in [-0.2, -0.15) is 0 Å². The van der Waals surface area contributed by atoms with Gasteiger partial charge in [0.15, 0.2) is 0 Å². The molecule has 6 aliphatic heterocycles. The van der Waals surface area contributed by atoms with Gasteiger partial charge in [0.05, 0.1) is 0 Å². The maximum absolute atomic E-state index is 4.71. The van der Waals surface area contributed by atoms with Crippen LogP contribution in [-0.2, 0) is 0 Å². The predicted molar refractivity (Wildman–Crippen MR) is 154 cm³/mol. The van der Waals surface area contributed by atoms with Crippen LogP contribution in [0.3, 0.4) is 0 Å². The van der Waals surface area contributed by atoms with Crippen LogP contribution < -0.4 is 0 Å². The molecular formula is C30H54LaN6-6. The van der Waals surface area contributed by atoms with E-state index in [9.17, 15) is 0 Å². The van der Waals surface area contributed by atoms with Gasteiger partial charge < -0.3 is 31.9 Å². The van der Waals surface area contributed by atoms with E-state index in [1.165, 1.54) is 38.5 Å². The fraction of sp³-hybridized carbons (Fsp3) is 1.00. The minimum absolute atomic E-state index is 0. The van der Waals surface area contributed by atoms with E-state index in [0.717, 1.165) is 17.8 Å². The van der Waals surface area contributed by atoms with Gasteiger partial charge >= 0.3 is 0 Å². The van der Waals surface area contributed by atoms with Crippen LogP contribution >= 0.6 is 0 Å². The summed E-state index contributed by atoms with van der Waals surface area (Å²) in [5.74, 6) is 2.19. The molecule has 37 heavy (non-hydrogen) atoms. The summed E-state index contributed by atoms with van der Waals surface area (Å²) < 4.78 is 0. The average Bonchev–Trinajstić information content (AvgIpc) is 3.33. The molecule has 0 bridgehead atoms. The summed E-state index contributed by atoms with van der Waals surface area (Å²) in [4.78, 5) is 0. The molecule has 1 radical (unpaired) electrons. The first-order chi connectivity index (χ1) is 16.1. The molecule has 0 unspecified atom stereocenters. The van der Waals surface area contributed by atoms with E-state index in [-0.39, 0.29) is 68.8 Å². The first kappa shape index (κ1) is 32.5. The third-order valence-corrected chi connectivity index (χ3v) is 8.73. The summed E-state index contributed by atoms with van der Waals surface area (Å²) in [6.07, 6.45) is 8.31. The molecule has 0 N–H and O–H groups in total. The van der Waals surface area contributed by atoms with Crippen molar-refractivity contribution in [2.24, 2.45) is 17.8 Å². The molecule has 0 atom stereocenters. The summed E-state index contributed by atoms with van der Waals surface area (Å²) in [5.41, 5.74) is 1.14. The standard InChI is InChI=1S/3C10H18N2.La/c3*1-9(2)5-7-6-10(3,4)12-8(7)11-9;/h3*7-8H,5-6H2,1-4H3;/q3*-2;. The second-order valence-electron chi connectivity index (χ2n) is 16.4. The molecule has 6 aliphatic rings. The van der Waals surface area contributed by atoms with Gasteiger partial charge in [-0.05, 0) is 0 Å². The molecule has 213 valence electrons. The van der Waals surface area contributed by atoms with Crippen molar-refractivity contribution in [3.8, 4) is 0 Å². The van der Waals surface area contributed by atoms with Crippen molar-refractivity contribution in [1.29, 1.82) is 0 Å². The molecule has 0 aromatic heterocycles. The molecule has 0 spiro atoms. The van der Waals surface area contributed by atoms with Crippen LogP contribution in [0.1, 0.15) is 122 Å². The molecule has 6 nitrogen and oxygen atoms in total. The van der Waals surface area contributed by atoms with Crippen LogP contribution in [0.15, 0.2) is 0 Å². The van der Waals surface area contributed by atoms with E-state index in [2.05, 4.69) is 83.1 Å². The molecule has 0 aromatic rings. The zero-order valence-corrected chi connectivity index (χ0v) is 29.6. The number of hydrogen-bond donors (Lipinski definition) is 0. The SMILES string of the molecule is CC1(C)CC2CC(C)(C)[N-]C2[N-]1.CC1(C)CC2CC(C)(C)[N-]C2[N-]1.CC1(C)CC2CC(C)(C)[N-]C2[N-]1.[La]. The average molecular weight is 638 g/mol. The molecule has 7 heteroatoms. The third-order valence-electron chi connectivity index (χ3n) is 8.73. The molecule has 0 aromatic carbocycles. The summed E-state index contributed by atoms with van der Waals surface area (Å²) >= 11 is 0. The summed E-state index contributed by atoms with van der Waals surface area (Å²) in [6, 6.07) is 0. The largest absolute Gasteiger partial charge is 0.673 e. The topological polar surface area (TPSA) is 84.6 Å². The Labute approximate surface area is 257 Å². The van der Waals surface area contributed by atoms with Crippen molar-refractivity contribution in [3.63, 3.8) is 0 Å². The molecule has 6 heterocycles. The maximum Gasteiger partial charge on any atom is 0 e. The van der Waals surface area contributed by atoms with E-state index in [1.807, 2.05) is 0 Å². The van der Waals surface area contributed by atoms with Crippen LogP contribution in [0.2, 0.25) is 0 Å². The predicted octanol–water partition coefficient (Wildman–Crippen LogP) is 9.12. The Morgan fingerprint density at radius 3 is 0.568 bits per heavy atom. The number of fused-ring (bicyclic) bond motifs is 3. The van der Waals surface area contributed by atoms with Crippen LogP contribution in [0.25, 0.3) is 31.9 Å². The van der Waals surface area contributed by atoms with E-state index in [1.54, 1.807) is 0 Å². The fourth-order valence-electron chi connectivity index (χ4n) is 7.88. The van der Waals surface area contributed by atoms with E-state index in [4.69, 9.17) is 31.9 Å². The Kier molecular flexibility index (Phi) is 9.35. The van der Waals surface area contributed by atoms with Crippen LogP contribution in [0.5, 0.6) is 0 Å². The molecule has 6 saturated heterocycles. The first-order valence-electron chi connectivity index (χ1n) is 14.5. The van der Waals surface area contributed by atoms with Crippen molar-refractivity contribution in [2.45, 2.75) is 173 Å². The van der Waals surface area contributed by atoms with Crippen molar-refractivity contribution < 1.29 is 35.6 Å². The quantitative estimate of drug-likeness (QED) is 0.254. The molecule has 6 fully saturated rings.